The van der Waals surface area contributed by atoms with Gasteiger partial charge in [0.05, 0.1) is 11.6 Å². The fourth-order valence-electron chi connectivity index (χ4n) is 2.58. The minimum absolute atomic E-state index is 0.0374. The summed E-state index contributed by atoms with van der Waals surface area (Å²) in [4.78, 5) is 14.2. The molecule has 0 aliphatic carbocycles. The van der Waals surface area contributed by atoms with Gasteiger partial charge in [-0.3, -0.25) is 4.79 Å². The summed E-state index contributed by atoms with van der Waals surface area (Å²) in [6.45, 7) is 2.12. The van der Waals surface area contributed by atoms with Gasteiger partial charge in [-0.1, -0.05) is 6.07 Å². The van der Waals surface area contributed by atoms with E-state index in [2.05, 4.69) is 23.3 Å². The first-order chi connectivity index (χ1) is 9.17. The molecule has 1 atom stereocenters. The van der Waals surface area contributed by atoms with Gasteiger partial charge in [0.1, 0.15) is 0 Å². The molecule has 4 nitrogen and oxygen atoms in total. The second kappa shape index (κ2) is 6.35. The van der Waals surface area contributed by atoms with Crippen LogP contribution in [0.4, 0.5) is 5.69 Å². The standard InChI is InChI=1S/C15H19N3O/c1-18-7-3-5-13(11-18)9-15(19)17-14-6-2-4-12(8-14)10-16/h2,4,6,8,13H,3,5,7,9,11H2,1H3,(H,17,19). The van der Waals surface area contributed by atoms with Crippen molar-refractivity contribution in [2.24, 2.45) is 5.92 Å². The van der Waals surface area contributed by atoms with E-state index in [-0.39, 0.29) is 5.91 Å². The number of nitrogens with one attached hydrogen (secondary N) is 1. The van der Waals surface area contributed by atoms with Gasteiger partial charge in [-0.15, -0.1) is 0 Å². The Kier molecular flexibility index (Phi) is 4.53. The number of carbonyl (C=O) groups excluding carboxylic acids is 1. The van der Waals surface area contributed by atoms with Crippen LogP contribution in [0.5, 0.6) is 0 Å². The molecule has 1 N–H and O–H groups in total. The van der Waals surface area contributed by atoms with Gasteiger partial charge in [-0.2, -0.15) is 5.26 Å². The maximum absolute atomic E-state index is 12.0. The summed E-state index contributed by atoms with van der Waals surface area (Å²) in [6.07, 6.45) is 2.84. The number of carbonyl (C=O) groups is 1. The number of hydrogen-bond donors (Lipinski definition) is 1. The molecule has 1 aliphatic rings. The van der Waals surface area contributed by atoms with Crippen molar-refractivity contribution in [2.45, 2.75) is 19.3 Å². The number of hydrogen-bond acceptors (Lipinski definition) is 3. The first-order valence-corrected chi connectivity index (χ1v) is 6.66. The highest BCUT2D eigenvalue weighted by atomic mass is 16.1. The molecule has 4 heteroatoms. The van der Waals surface area contributed by atoms with Crippen molar-refractivity contribution in [2.75, 3.05) is 25.5 Å². The summed E-state index contributed by atoms with van der Waals surface area (Å²) in [7, 11) is 2.10. The number of amides is 1. The predicted molar refractivity (Wildman–Crippen MR) is 74.6 cm³/mol. The summed E-state index contributed by atoms with van der Waals surface area (Å²) in [5, 5.41) is 11.7. The number of benzene rings is 1. The Morgan fingerprint density at radius 1 is 1.58 bits per heavy atom. The minimum atomic E-state index is 0.0374. The fraction of sp³-hybridized carbons (Fsp3) is 0.467. The average molecular weight is 257 g/mol. The van der Waals surface area contributed by atoms with Gasteiger partial charge in [-0.05, 0) is 50.6 Å². The smallest absolute Gasteiger partial charge is 0.224 e. The number of piperidine rings is 1. The summed E-state index contributed by atoms with van der Waals surface area (Å²) in [5.74, 6) is 0.480. The number of rotatable bonds is 3. The maximum atomic E-state index is 12.0. The summed E-state index contributed by atoms with van der Waals surface area (Å²) < 4.78 is 0. The summed E-state index contributed by atoms with van der Waals surface area (Å²) >= 11 is 0. The molecule has 1 aromatic carbocycles. The molecular formula is C15H19N3O. The van der Waals surface area contributed by atoms with E-state index in [1.165, 1.54) is 6.42 Å². The van der Waals surface area contributed by atoms with Crippen molar-refractivity contribution < 1.29 is 4.79 Å². The van der Waals surface area contributed by atoms with Crippen LogP contribution in [0.2, 0.25) is 0 Å². The van der Waals surface area contributed by atoms with Gasteiger partial charge in [0, 0.05) is 18.7 Å². The number of anilines is 1. The molecule has 1 saturated heterocycles. The Morgan fingerprint density at radius 2 is 2.42 bits per heavy atom. The van der Waals surface area contributed by atoms with E-state index in [9.17, 15) is 4.79 Å². The normalized spacial score (nSPS) is 19.7. The third-order valence-electron chi connectivity index (χ3n) is 3.47. The van der Waals surface area contributed by atoms with E-state index in [1.54, 1.807) is 18.2 Å². The molecule has 1 unspecified atom stereocenters. The van der Waals surface area contributed by atoms with Crippen LogP contribution in [-0.2, 0) is 4.79 Å². The molecular weight excluding hydrogens is 238 g/mol. The molecule has 1 aromatic rings. The lowest BCUT2D eigenvalue weighted by molar-refractivity contribution is -0.117. The van der Waals surface area contributed by atoms with Gasteiger partial charge in [0.2, 0.25) is 5.91 Å². The summed E-state index contributed by atoms with van der Waals surface area (Å²) in [5.41, 5.74) is 1.27. The molecule has 1 fully saturated rings. The van der Waals surface area contributed by atoms with Crippen LogP contribution in [0.15, 0.2) is 24.3 Å². The SMILES string of the molecule is CN1CCCC(CC(=O)Nc2cccc(C#N)c2)C1. The Balaban J connectivity index is 1.88. The Morgan fingerprint density at radius 3 is 3.16 bits per heavy atom. The van der Waals surface area contributed by atoms with Crippen LogP contribution in [0.1, 0.15) is 24.8 Å². The van der Waals surface area contributed by atoms with Crippen molar-refractivity contribution in [1.29, 1.82) is 5.26 Å². The molecule has 2 rings (SSSR count). The fourth-order valence-corrected chi connectivity index (χ4v) is 2.58. The molecule has 1 heterocycles. The zero-order valence-electron chi connectivity index (χ0n) is 11.2. The highest BCUT2D eigenvalue weighted by Gasteiger charge is 2.19. The molecule has 1 aliphatic heterocycles. The van der Waals surface area contributed by atoms with Crippen LogP contribution >= 0.6 is 0 Å². The quantitative estimate of drug-likeness (QED) is 0.903. The average Bonchev–Trinajstić information content (AvgIpc) is 2.38. The number of nitriles is 1. The molecule has 100 valence electrons. The van der Waals surface area contributed by atoms with Crippen LogP contribution in [0, 0.1) is 17.2 Å². The monoisotopic (exact) mass is 257 g/mol. The minimum Gasteiger partial charge on any atom is -0.326 e. The lowest BCUT2D eigenvalue weighted by Crippen LogP contribution is -2.34. The molecule has 0 saturated carbocycles. The molecule has 1 amide bonds. The van der Waals surface area contributed by atoms with Crippen LogP contribution in [0.25, 0.3) is 0 Å². The van der Waals surface area contributed by atoms with Gasteiger partial charge in [-0.25, -0.2) is 0 Å². The number of likely N-dealkylation sites (tertiary alicyclic amines) is 1. The lowest BCUT2D eigenvalue weighted by atomic mass is 9.95. The van der Waals surface area contributed by atoms with Crippen LogP contribution in [-0.4, -0.2) is 30.9 Å². The molecule has 0 radical (unpaired) electrons. The zero-order valence-corrected chi connectivity index (χ0v) is 11.2. The van der Waals surface area contributed by atoms with Crippen LogP contribution in [0.3, 0.4) is 0 Å². The number of nitrogens with zero attached hydrogens (tertiary/aromatic N) is 2. The van der Waals surface area contributed by atoms with E-state index in [0.717, 1.165) is 19.5 Å². The van der Waals surface area contributed by atoms with E-state index in [4.69, 9.17) is 5.26 Å². The topological polar surface area (TPSA) is 56.1 Å². The third-order valence-corrected chi connectivity index (χ3v) is 3.47. The second-order valence-electron chi connectivity index (χ2n) is 5.22. The highest BCUT2D eigenvalue weighted by Crippen LogP contribution is 2.19. The molecule has 0 spiro atoms. The first-order valence-electron chi connectivity index (χ1n) is 6.66. The maximum Gasteiger partial charge on any atom is 0.224 e. The molecule has 19 heavy (non-hydrogen) atoms. The van der Waals surface area contributed by atoms with Crippen molar-refractivity contribution in [1.82, 2.24) is 4.90 Å². The Bertz CT molecular complexity index is 492. The van der Waals surface area contributed by atoms with Crippen LogP contribution < -0.4 is 5.32 Å². The Hall–Kier alpha value is -1.86. The molecule has 0 bridgehead atoms. The van der Waals surface area contributed by atoms with E-state index >= 15 is 0 Å². The van der Waals surface area contributed by atoms with E-state index in [0.29, 0.717) is 23.6 Å². The van der Waals surface area contributed by atoms with Crippen molar-refractivity contribution in [3.63, 3.8) is 0 Å². The highest BCUT2D eigenvalue weighted by molar-refractivity contribution is 5.91. The Labute approximate surface area is 114 Å². The zero-order chi connectivity index (χ0) is 13.7. The molecule has 0 aromatic heterocycles. The lowest BCUT2D eigenvalue weighted by Gasteiger charge is -2.29. The van der Waals surface area contributed by atoms with Gasteiger partial charge < -0.3 is 10.2 Å². The van der Waals surface area contributed by atoms with E-state index in [1.807, 2.05) is 6.07 Å². The second-order valence-corrected chi connectivity index (χ2v) is 5.22. The van der Waals surface area contributed by atoms with Gasteiger partial charge >= 0.3 is 0 Å². The predicted octanol–water partition coefficient (Wildman–Crippen LogP) is 2.23. The van der Waals surface area contributed by atoms with Crippen molar-refractivity contribution in [3.05, 3.63) is 29.8 Å². The summed E-state index contributed by atoms with van der Waals surface area (Å²) in [6, 6.07) is 9.09. The largest absolute Gasteiger partial charge is 0.326 e. The van der Waals surface area contributed by atoms with E-state index < -0.39 is 0 Å². The first kappa shape index (κ1) is 13.6. The van der Waals surface area contributed by atoms with Gasteiger partial charge in [0.15, 0.2) is 0 Å². The van der Waals surface area contributed by atoms with Crippen molar-refractivity contribution in [3.8, 4) is 6.07 Å². The van der Waals surface area contributed by atoms with Crippen molar-refractivity contribution >= 4 is 11.6 Å². The third kappa shape index (κ3) is 4.08. The van der Waals surface area contributed by atoms with Gasteiger partial charge in [0.25, 0.3) is 0 Å².